The second kappa shape index (κ2) is 8.43. The number of fused-ring (bicyclic) bond motifs is 1. The molecule has 1 aromatic heterocycles. The molecule has 3 rings (SSSR count). The van der Waals surface area contributed by atoms with E-state index in [1.807, 2.05) is 45.0 Å². The van der Waals surface area contributed by atoms with Crippen LogP contribution in [0.25, 0.3) is 11.0 Å². The Morgan fingerprint density at radius 1 is 1.00 bits per heavy atom. The zero-order valence-corrected chi connectivity index (χ0v) is 16.4. The summed E-state index contributed by atoms with van der Waals surface area (Å²) in [4.78, 5) is 12.2. The number of furan rings is 1. The van der Waals surface area contributed by atoms with Crippen LogP contribution in [0.3, 0.4) is 0 Å². The Kier molecular flexibility index (Phi) is 6.00. The number of aryl methyl sites for hydroxylation is 1. The van der Waals surface area contributed by atoms with Crippen LogP contribution in [0.5, 0.6) is 0 Å². The lowest BCUT2D eigenvalue weighted by atomic mass is 9.92. The summed E-state index contributed by atoms with van der Waals surface area (Å²) in [6.07, 6.45) is 3.01. The normalized spacial score (nSPS) is 12.9. The predicted molar refractivity (Wildman–Crippen MR) is 109 cm³/mol. The Hall–Kier alpha value is -2.55. The van der Waals surface area contributed by atoms with Gasteiger partial charge in [-0.15, -0.1) is 0 Å². The van der Waals surface area contributed by atoms with Crippen LogP contribution in [0.15, 0.2) is 65.1 Å². The van der Waals surface area contributed by atoms with Crippen LogP contribution in [0.4, 0.5) is 0 Å². The maximum absolute atomic E-state index is 12.2. The summed E-state index contributed by atoms with van der Waals surface area (Å²) in [7, 11) is 0. The van der Waals surface area contributed by atoms with Crippen LogP contribution in [-0.2, 0) is 16.0 Å². The molecule has 0 N–H and O–H groups in total. The summed E-state index contributed by atoms with van der Waals surface area (Å²) in [5.41, 5.74) is 1.75. The summed E-state index contributed by atoms with van der Waals surface area (Å²) >= 11 is 0. The number of carbonyl (C=O) groups is 1. The van der Waals surface area contributed by atoms with Gasteiger partial charge in [0.1, 0.15) is 16.9 Å². The highest BCUT2D eigenvalue weighted by Crippen LogP contribution is 2.32. The molecule has 0 aliphatic heterocycles. The summed E-state index contributed by atoms with van der Waals surface area (Å²) in [5, 5.41) is 1.11. The van der Waals surface area contributed by atoms with Crippen LogP contribution >= 0.6 is 0 Å². The summed E-state index contributed by atoms with van der Waals surface area (Å²) in [6, 6.07) is 20.6. The van der Waals surface area contributed by atoms with E-state index in [1.54, 1.807) is 0 Å². The molecule has 0 radical (unpaired) electrons. The molecule has 142 valence electrons. The van der Waals surface area contributed by atoms with Crippen molar-refractivity contribution < 1.29 is 13.9 Å². The van der Waals surface area contributed by atoms with E-state index in [2.05, 4.69) is 36.4 Å². The number of ether oxygens (including phenoxy) is 1. The van der Waals surface area contributed by atoms with E-state index in [4.69, 9.17) is 9.15 Å². The van der Waals surface area contributed by atoms with E-state index >= 15 is 0 Å². The highest BCUT2D eigenvalue weighted by atomic mass is 16.6. The predicted octanol–water partition coefficient (Wildman–Crippen LogP) is 6.27. The van der Waals surface area contributed by atoms with Gasteiger partial charge in [-0.05, 0) is 57.7 Å². The van der Waals surface area contributed by atoms with E-state index in [-0.39, 0.29) is 11.9 Å². The summed E-state index contributed by atoms with van der Waals surface area (Å²) in [6.45, 7) is 5.70. The van der Waals surface area contributed by atoms with Gasteiger partial charge in [-0.3, -0.25) is 4.79 Å². The minimum Gasteiger partial charge on any atom is -0.461 e. The standard InChI is InChI=1S/C24H28O3/c1-24(2,3)27-23(25)16-15-19(14-13-18-9-5-4-6-10-18)22-17-20-11-7-8-12-21(20)26-22/h4-12,17,19H,13-16H2,1-3H3/t19-/m1/s1. The monoisotopic (exact) mass is 364 g/mol. The molecule has 0 fully saturated rings. The van der Waals surface area contributed by atoms with Crippen molar-refractivity contribution >= 4 is 16.9 Å². The highest BCUT2D eigenvalue weighted by Gasteiger charge is 2.21. The Morgan fingerprint density at radius 2 is 1.70 bits per heavy atom. The largest absolute Gasteiger partial charge is 0.461 e. The Morgan fingerprint density at radius 3 is 2.41 bits per heavy atom. The van der Waals surface area contributed by atoms with Crippen molar-refractivity contribution in [3.05, 3.63) is 72.0 Å². The number of hydrogen-bond acceptors (Lipinski definition) is 3. The molecule has 0 saturated heterocycles. The van der Waals surface area contributed by atoms with E-state index < -0.39 is 5.60 Å². The molecule has 1 atom stereocenters. The van der Waals surface area contributed by atoms with E-state index in [9.17, 15) is 4.79 Å². The number of esters is 1. The molecular weight excluding hydrogens is 336 g/mol. The number of rotatable bonds is 7. The third-order valence-electron chi connectivity index (χ3n) is 4.59. The van der Waals surface area contributed by atoms with Crippen molar-refractivity contribution in [1.29, 1.82) is 0 Å². The lowest BCUT2D eigenvalue weighted by molar-refractivity contribution is -0.155. The van der Waals surface area contributed by atoms with Gasteiger partial charge in [0.2, 0.25) is 0 Å². The van der Waals surface area contributed by atoms with Crippen molar-refractivity contribution in [1.82, 2.24) is 0 Å². The average molecular weight is 364 g/mol. The van der Waals surface area contributed by atoms with Gasteiger partial charge in [-0.2, -0.15) is 0 Å². The van der Waals surface area contributed by atoms with Crippen molar-refractivity contribution in [3.8, 4) is 0 Å². The SMILES string of the molecule is CC(C)(C)OC(=O)CC[C@@H](CCc1ccccc1)c1cc2ccccc2o1. The van der Waals surface area contributed by atoms with Gasteiger partial charge in [0.05, 0.1) is 0 Å². The van der Waals surface area contributed by atoms with Crippen LogP contribution in [0, 0.1) is 0 Å². The molecule has 0 saturated carbocycles. The van der Waals surface area contributed by atoms with E-state index in [0.717, 1.165) is 36.0 Å². The average Bonchev–Trinajstić information content (AvgIpc) is 3.05. The van der Waals surface area contributed by atoms with Crippen LogP contribution in [-0.4, -0.2) is 11.6 Å². The second-order valence-corrected chi connectivity index (χ2v) is 8.03. The maximum Gasteiger partial charge on any atom is 0.306 e. The van der Waals surface area contributed by atoms with Crippen LogP contribution < -0.4 is 0 Å². The number of carbonyl (C=O) groups excluding carboxylic acids is 1. The van der Waals surface area contributed by atoms with Gasteiger partial charge >= 0.3 is 5.97 Å². The molecule has 3 aromatic rings. The molecule has 0 aliphatic carbocycles. The van der Waals surface area contributed by atoms with Crippen molar-refractivity contribution in [2.45, 2.75) is 58.0 Å². The highest BCUT2D eigenvalue weighted by molar-refractivity contribution is 5.77. The first-order valence-corrected chi connectivity index (χ1v) is 9.65. The molecule has 1 heterocycles. The lowest BCUT2D eigenvalue weighted by Crippen LogP contribution is -2.24. The lowest BCUT2D eigenvalue weighted by Gasteiger charge is -2.20. The summed E-state index contributed by atoms with van der Waals surface area (Å²) < 4.78 is 11.6. The molecule has 0 aliphatic rings. The molecule has 3 heteroatoms. The van der Waals surface area contributed by atoms with Crippen LogP contribution in [0.2, 0.25) is 0 Å². The van der Waals surface area contributed by atoms with Gasteiger partial charge in [-0.25, -0.2) is 0 Å². The first-order valence-electron chi connectivity index (χ1n) is 9.65. The molecule has 0 unspecified atom stereocenters. The zero-order chi connectivity index (χ0) is 19.3. The molecule has 0 spiro atoms. The molecule has 3 nitrogen and oxygen atoms in total. The Labute approximate surface area is 161 Å². The first-order chi connectivity index (χ1) is 12.9. The first kappa shape index (κ1) is 19.2. The number of hydrogen-bond donors (Lipinski definition) is 0. The van der Waals surface area contributed by atoms with Gasteiger partial charge in [-0.1, -0.05) is 48.5 Å². The fourth-order valence-electron chi connectivity index (χ4n) is 3.30. The Bertz CT molecular complexity index is 838. The smallest absolute Gasteiger partial charge is 0.306 e. The van der Waals surface area contributed by atoms with Crippen molar-refractivity contribution in [3.63, 3.8) is 0 Å². The van der Waals surface area contributed by atoms with Gasteiger partial charge in [0.15, 0.2) is 0 Å². The van der Waals surface area contributed by atoms with Gasteiger partial charge < -0.3 is 9.15 Å². The number of para-hydroxylation sites is 1. The molecule has 0 amide bonds. The molecule has 27 heavy (non-hydrogen) atoms. The third kappa shape index (κ3) is 5.72. The topological polar surface area (TPSA) is 39.4 Å². The van der Waals surface area contributed by atoms with Crippen LogP contribution in [0.1, 0.15) is 57.3 Å². The zero-order valence-electron chi connectivity index (χ0n) is 16.4. The quantitative estimate of drug-likeness (QED) is 0.464. The van der Waals surface area contributed by atoms with E-state index in [0.29, 0.717) is 6.42 Å². The molecule has 0 bridgehead atoms. The maximum atomic E-state index is 12.2. The van der Waals surface area contributed by atoms with Gasteiger partial charge in [0.25, 0.3) is 0 Å². The minimum atomic E-state index is -0.448. The molecule has 2 aromatic carbocycles. The van der Waals surface area contributed by atoms with Crippen molar-refractivity contribution in [2.75, 3.05) is 0 Å². The fourth-order valence-corrected chi connectivity index (χ4v) is 3.30. The number of benzene rings is 2. The summed E-state index contributed by atoms with van der Waals surface area (Å²) in [5.74, 6) is 0.990. The second-order valence-electron chi connectivity index (χ2n) is 8.03. The minimum absolute atomic E-state index is 0.150. The fraction of sp³-hybridized carbons (Fsp3) is 0.375. The third-order valence-corrected chi connectivity index (χ3v) is 4.59. The Balaban J connectivity index is 1.72. The molecular formula is C24H28O3. The van der Waals surface area contributed by atoms with E-state index in [1.165, 1.54) is 5.56 Å². The van der Waals surface area contributed by atoms with Crippen molar-refractivity contribution in [2.24, 2.45) is 0 Å². The van der Waals surface area contributed by atoms with Gasteiger partial charge in [0, 0.05) is 17.7 Å².